The predicted octanol–water partition coefficient (Wildman–Crippen LogP) is 7.25. The summed E-state index contributed by atoms with van der Waals surface area (Å²) in [6.45, 7) is 6.09. The van der Waals surface area contributed by atoms with Crippen molar-refractivity contribution in [2.45, 2.75) is 103 Å². The highest BCUT2D eigenvalue weighted by Crippen LogP contribution is 2.12. The highest BCUT2D eigenvalue weighted by molar-refractivity contribution is 4.79. The van der Waals surface area contributed by atoms with Crippen LogP contribution < -0.4 is 0 Å². The molecule has 0 unspecified atom stereocenters. The van der Waals surface area contributed by atoms with Crippen molar-refractivity contribution in [3.05, 3.63) is 19.1 Å². The highest BCUT2D eigenvalue weighted by Gasteiger charge is 1.93. The fourth-order valence-electron chi connectivity index (χ4n) is 2.49. The summed E-state index contributed by atoms with van der Waals surface area (Å²) >= 11 is 0. The van der Waals surface area contributed by atoms with E-state index in [4.69, 9.17) is 0 Å². The van der Waals surface area contributed by atoms with Gasteiger partial charge < -0.3 is 0 Å². The molecule has 0 aliphatic rings. The minimum Gasteiger partial charge on any atom is -0.0888 e. The predicted molar refractivity (Wildman–Crippen MR) is 89.4 cm³/mol. The van der Waals surface area contributed by atoms with Gasteiger partial charge in [0.05, 0.1) is 0 Å². The largest absolute Gasteiger partial charge is 0.0888 e. The molecule has 0 heterocycles. The molecule has 0 aliphatic heterocycles. The van der Waals surface area contributed by atoms with Crippen molar-refractivity contribution >= 4 is 0 Å². The maximum atomic E-state index is 3.89. The van der Waals surface area contributed by atoms with Gasteiger partial charge in [-0.05, 0) is 19.3 Å². The molecule has 0 amide bonds. The van der Waals surface area contributed by atoms with E-state index in [1.165, 1.54) is 89.9 Å². The van der Waals surface area contributed by atoms with E-state index in [1.54, 1.807) is 0 Å². The van der Waals surface area contributed by atoms with Crippen LogP contribution in [-0.4, -0.2) is 0 Å². The third-order valence-corrected chi connectivity index (χ3v) is 3.77. The molecule has 1 radical (unpaired) electrons. The first kappa shape index (κ1) is 18.7. The van der Waals surface area contributed by atoms with Gasteiger partial charge >= 0.3 is 0 Å². The van der Waals surface area contributed by atoms with E-state index in [0.717, 1.165) is 6.42 Å². The van der Waals surface area contributed by atoms with Gasteiger partial charge in [-0.25, -0.2) is 0 Å². The average molecular weight is 266 g/mol. The zero-order valence-electron chi connectivity index (χ0n) is 13.5. The SMILES string of the molecule is [CH2]CCCCCCCCCCCCCC/C=C/CC. The van der Waals surface area contributed by atoms with Crippen LogP contribution in [0.4, 0.5) is 0 Å². The lowest BCUT2D eigenvalue weighted by Gasteiger charge is -2.02. The Labute approximate surface area is 123 Å². The Kier molecular flexibility index (Phi) is 17.5. The van der Waals surface area contributed by atoms with E-state index < -0.39 is 0 Å². The lowest BCUT2D eigenvalue weighted by molar-refractivity contribution is 0.542. The monoisotopic (exact) mass is 265 g/mol. The van der Waals surface area contributed by atoms with Gasteiger partial charge in [0.2, 0.25) is 0 Å². The first-order valence-corrected chi connectivity index (χ1v) is 8.86. The number of allylic oxidation sites excluding steroid dienone is 2. The Balaban J connectivity index is 2.93. The minimum absolute atomic E-state index is 1.12. The summed E-state index contributed by atoms with van der Waals surface area (Å²) in [6, 6.07) is 0. The fourth-order valence-corrected chi connectivity index (χ4v) is 2.49. The summed E-state index contributed by atoms with van der Waals surface area (Å²) in [5.74, 6) is 0. The van der Waals surface area contributed by atoms with Crippen LogP contribution in [-0.2, 0) is 0 Å². The maximum Gasteiger partial charge on any atom is -0.0351 e. The van der Waals surface area contributed by atoms with Gasteiger partial charge in [-0.3, -0.25) is 0 Å². The van der Waals surface area contributed by atoms with Crippen LogP contribution in [0.25, 0.3) is 0 Å². The molecule has 0 aliphatic carbocycles. The molecule has 0 aromatic rings. The van der Waals surface area contributed by atoms with Crippen LogP contribution >= 0.6 is 0 Å². The summed E-state index contributed by atoms with van der Waals surface area (Å²) in [5.41, 5.74) is 0. The van der Waals surface area contributed by atoms with Crippen LogP contribution in [0.1, 0.15) is 103 Å². The van der Waals surface area contributed by atoms with Crippen molar-refractivity contribution in [1.82, 2.24) is 0 Å². The highest BCUT2D eigenvalue weighted by atomic mass is 14.0. The molecule has 0 aromatic heterocycles. The maximum absolute atomic E-state index is 3.89. The van der Waals surface area contributed by atoms with Crippen LogP contribution in [0.3, 0.4) is 0 Å². The van der Waals surface area contributed by atoms with Crippen LogP contribution in [0.5, 0.6) is 0 Å². The first-order chi connectivity index (χ1) is 9.41. The molecule has 0 fully saturated rings. The van der Waals surface area contributed by atoms with E-state index in [2.05, 4.69) is 26.0 Å². The van der Waals surface area contributed by atoms with Crippen molar-refractivity contribution in [3.63, 3.8) is 0 Å². The Morgan fingerprint density at radius 3 is 1.42 bits per heavy atom. The van der Waals surface area contributed by atoms with E-state index in [9.17, 15) is 0 Å². The molecule has 0 rings (SSSR count). The normalized spacial score (nSPS) is 11.5. The van der Waals surface area contributed by atoms with Gasteiger partial charge in [-0.2, -0.15) is 0 Å². The minimum atomic E-state index is 1.12. The van der Waals surface area contributed by atoms with Crippen LogP contribution in [0.15, 0.2) is 12.2 Å². The van der Waals surface area contributed by atoms with E-state index in [-0.39, 0.29) is 0 Å². The van der Waals surface area contributed by atoms with Crippen LogP contribution in [0.2, 0.25) is 0 Å². The number of hydrogen-bond acceptors (Lipinski definition) is 0. The molecule has 0 N–H and O–H groups in total. The van der Waals surface area contributed by atoms with E-state index in [1.807, 2.05) is 0 Å². The van der Waals surface area contributed by atoms with Gasteiger partial charge in [0.15, 0.2) is 0 Å². The molecule has 0 spiro atoms. The van der Waals surface area contributed by atoms with Gasteiger partial charge in [0.25, 0.3) is 0 Å². The average Bonchev–Trinajstić information content (AvgIpc) is 2.43. The quantitative estimate of drug-likeness (QED) is 0.216. The topological polar surface area (TPSA) is 0 Å². The van der Waals surface area contributed by atoms with Crippen molar-refractivity contribution in [1.29, 1.82) is 0 Å². The lowest BCUT2D eigenvalue weighted by atomic mass is 10.0. The standard InChI is InChI=1S/C19H37/c1-3-5-7-9-11-13-15-17-19-18-16-14-12-10-8-6-4-2/h6,8H,1,3-5,7,9-19H2,2H3/b8-6+. The second kappa shape index (κ2) is 17.7. The molecule has 0 saturated carbocycles. The summed E-state index contributed by atoms with van der Waals surface area (Å²) in [5, 5.41) is 0. The molecule has 19 heavy (non-hydrogen) atoms. The number of unbranched alkanes of at least 4 members (excludes halogenated alkanes) is 13. The molecule has 0 nitrogen and oxygen atoms in total. The summed E-state index contributed by atoms with van der Waals surface area (Å²) in [4.78, 5) is 0. The molecule has 0 bridgehead atoms. The molecule has 0 atom stereocenters. The summed E-state index contributed by atoms with van der Waals surface area (Å²) in [7, 11) is 0. The molecular formula is C19H37. The molecule has 0 heteroatoms. The fraction of sp³-hybridized carbons (Fsp3) is 0.842. The molecule has 0 saturated heterocycles. The van der Waals surface area contributed by atoms with Gasteiger partial charge in [0.1, 0.15) is 0 Å². The summed E-state index contributed by atoms with van der Waals surface area (Å²) in [6.07, 6.45) is 25.4. The second-order valence-corrected chi connectivity index (χ2v) is 5.76. The Hall–Kier alpha value is -0.260. The van der Waals surface area contributed by atoms with Crippen molar-refractivity contribution in [3.8, 4) is 0 Å². The van der Waals surface area contributed by atoms with Gasteiger partial charge in [-0.1, -0.05) is 103 Å². The Morgan fingerprint density at radius 2 is 1.00 bits per heavy atom. The number of rotatable bonds is 15. The van der Waals surface area contributed by atoms with E-state index in [0.29, 0.717) is 0 Å². The first-order valence-electron chi connectivity index (χ1n) is 8.86. The van der Waals surface area contributed by atoms with Crippen molar-refractivity contribution < 1.29 is 0 Å². The smallest absolute Gasteiger partial charge is 0.0351 e. The zero-order valence-corrected chi connectivity index (χ0v) is 13.5. The zero-order chi connectivity index (χ0) is 14.0. The second-order valence-electron chi connectivity index (χ2n) is 5.76. The van der Waals surface area contributed by atoms with Crippen molar-refractivity contribution in [2.75, 3.05) is 0 Å². The lowest BCUT2D eigenvalue weighted by Crippen LogP contribution is -1.82. The molecular weight excluding hydrogens is 228 g/mol. The van der Waals surface area contributed by atoms with E-state index >= 15 is 0 Å². The number of hydrogen-bond donors (Lipinski definition) is 0. The van der Waals surface area contributed by atoms with Crippen LogP contribution in [0, 0.1) is 6.92 Å². The van der Waals surface area contributed by atoms with Crippen molar-refractivity contribution in [2.24, 2.45) is 0 Å². The third-order valence-electron chi connectivity index (χ3n) is 3.77. The Morgan fingerprint density at radius 1 is 0.579 bits per heavy atom. The molecule has 0 aromatic carbocycles. The third kappa shape index (κ3) is 17.7. The molecule has 113 valence electrons. The van der Waals surface area contributed by atoms with Gasteiger partial charge in [-0.15, -0.1) is 0 Å². The Bertz CT molecular complexity index is 169. The van der Waals surface area contributed by atoms with Gasteiger partial charge in [0, 0.05) is 0 Å². The summed E-state index contributed by atoms with van der Waals surface area (Å²) < 4.78 is 0.